The molecular weight excluding hydrogens is 416 g/mol. The fraction of sp³-hybridized carbons (Fsp3) is 0.273. The molecule has 0 spiro atoms. The van der Waals surface area contributed by atoms with Crippen LogP contribution in [0.5, 0.6) is 0 Å². The zero-order valence-electron chi connectivity index (χ0n) is 16.6. The summed E-state index contributed by atoms with van der Waals surface area (Å²) in [6.07, 6.45) is 2.47. The number of rotatable bonds is 8. The van der Waals surface area contributed by atoms with Crippen molar-refractivity contribution in [3.8, 4) is 11.1 Å². The van der Waals surface area contributed by atoms with Gasteiger partial charge in [-0.25, -0.2) is 0 Å². The number of hydrogen-bond acceptors (Lipinski definition) is 6. The highest BCUT2D eigenvalue weighted by Gasteiger charge is 2.35. The van der Waals surface area contributed by atoms with E-state index >= 15 is 0 Å². The molecule has 4 rings (SSSR count). The first-order valence-electron chi connectivity index (χ1n) is 9.87. The maximum absolute atomic E-state index is 12.3. The summed E-state index contributed by atoms with van der Waals surface area (Å²) in [6.45, 7) is 1.85. The lowest BCUT2D eigenvalue weighted by Gasteiger charge is -2.17. The first-order chi connectivity index (χ1) is 14.6. The van der Waals surface area contributed by atoms with Gasteiger partial charge in [-0.05, 0) is 36.1 Å². The van der Waals surface area contributed by atoms with E-state index in [1.807, 2.05) is 49.4 Å². The number of carbonyl (C=O) groups excluding carboxylic acids is 2. The molecule has 1 heterocycles. The highest BCUT2D eigenvalue weighted by molar-refractivity contribution is 8.01. The van der Waals surface area contributed by atoms with E-state index in [0.717, 1.165) is 29.7 Å². The van der Waals surface area contributed by atoms with Gasteiger partial charge < -0.3 is 5.32 Å². The standard InChI is InChI=1S/C22H22N4O2S2/c1-2-20(28)26(18-12-13-18)21-24-25-22(30-21)29-14-19(27)23-17-10-8-16(9-11-17)15-6-4-3-5-7-15/h3-11,18H,2,12-14H2,1H3,(H,23,27). The molecule has 154 valence electrons. The maximum Gasteiger partial charge on any atom is 0.234 e. The minimum absolute atomic E-state index is 0.0712. The van der Waals surface area contributed by atoms with E-state index in [0.29, 0.717) is 15.9 Å². The summed E-state index contributed by atoms with van der Waals surface area (Å²) < 4.78 is 0.689. The molecular formula is C22H22N4O2S2. The number of nitrogens with zero attached hydrogens (tertiary/aromatic N) is 3. The van der Waals surface area contributed by atoms with Crippen LogP contribution in [0.2, 0.25) is 0 Å². The summed E-state index contributed by atoms with van der Waals surface area (Å²) in [5.74, 6) is 0.204. The molecule has 0 atom stereocenters. The number of thioether (sulfide) groups is 1. The van der Waals surface area contributed by atoms with E-state index in [2.05, 4.69) is 27.6 Å². The number of anilines is 2. The van der Waals surface area contributed by atoms with Crippen molar-refractivity contribution in [3.05, 3.63) is 54.6 Å². The van der Waals surface area contributed by atoms with E-state index in [9.17, 15) is 9.59 Å². The topological polar surface area (TPSA) is 75.2 Å². The minimum atomic E-state index is -0.104. The molecule has 1 fully saturated rings. The Hall–Kier alpha value is -2.71. The fourth-order valence-corrected chi connectivity index (χ4v) is 4.76. The van der Waals surface area contributed by atoms with Crippen LogP contribution in [0, 0.1) is 0 Å². The van der Waals surface area contributed by atoms with Gasteiger partial charge in [0, 0.05) is 18.2 Å². The van der Waals surface area contributed by atoms with Gasteiger partial charge >= 0.3 is 0 Å². The highest BCUT2D eigenvalue weighted by Crippen LogP contribution is 2.36. The van der Waals surface area contributed by atoms with E-state index in [1.165, 1.54) is 23.1 Å². The third-order valence-electron chi connectivity index (χ3n) is 4.69. The zero-order chi connectivity index (χ0) is 20.9. The van der Waals surface area contributed by atoms with Gasteiger partial charge in [-0.2, -0.15) is 0 Å². The Balaban J connectivity index is 1.31. The predicted molar refractivity (Wildman–Crippen MR) is 122 cm³/mol. The van der Waals surface area contributed by atoms with Crippen molar-refractivity contribution in [1.82, 2.24) is 10.2 Å². The lowest BCUT2D eigenvalue weighted by Crippen LogP contribution is -2.32. The summed E-state index contributed by atoms with van der Waals surface area (Å²) >= 11 is 2.70. The number of nitrogens with one attached hydrogen (secondary N) is 1. The second-order valence-electron chi connectivity index (χ2n) is 6.98. The van der Waals surface area contributed by atoms with Crippen LogP contribution in [-0.2, 0) is 9.59 Å². The number of aromatic nitrogens is 2. The van der Waals surface area contributed by atoms with E-state index < -0.39 is 0 Å². The SMILES string of the molecule is CCC(=O)N(c1nnc(SCC(=O)Nc2ccc(-c3ccccc3)cc2)s1)C1CC1. The van der Waals surface area contributed by atoms with Gasteiger partial charge in [0.05, 0.1) is 5.75 Å². The average molecular weight is 439 g/mol. The lowest BCUT2D eigenvalue weighted by molar-refractivity contribution is -0.118. The molecule has 0 radical (unpaired) electrons. The van der Waals surface area contributed by atoms with Crippen LogP contribution in [-0.4, -0.2) is 33.8 Å². The first kappa shape index (κ1) is 20.6. The Bertz CT molecular complexity index is 1020. The smallest absolute Gasteiger partial charge is 0.234 e. The van der Waals surface area contributed by atoms with Gasteiger partial charge in [0.15, 0.2) is 4.34 Å². The molecule has 2 amide bonds. The van der Waals surface area contributed by atoms with Crippen LogP contribution in [0.25, 0.3) is 11.1 Å². The molecule has 3 aromatic rings. The molecule has 0 saturated heterocycles. The van der Waals surface area contributed by atoms with Crippen LogP contribution >= 0.6 is 23.1 Å². The monoisotopic (exact) mass is 438 g/mol. The summed E-state index contributed by atoms with van der Waals surface area (Å²) in [7, 11) is 0. The molecule has 0 aliphatic heterocycles. The number of benzene rings is 2. The number of carbonyl (C=O) groups is 2. The molecule has 8 heteroatoms. The third-order valence-corrected chi connectivity index (χ3v) is 6.74. The average Bonchev–Trinajstić information content (AvgIpc) is 3.50. The Morgan fingerprint density at radius 1 is 1.07 bits per heavy atom. The Morgan fingerprint density at radius 2 is 1.77 bits per heavy atom. The summed E-state index contributed by atoms with van der Waals surface area (Å²) in [5.41, 5.74) is 3.00. The van der Waals surface area contributed by atoms with Crippen LogP contribution in [0.1, 0.15) is 26.2 Å². The molecule has 30 heavy (non-hydrogen) atoms. The van der Waals surface area contributed by atoms with E-state index in [1.54, 1.807) is 4.90 Å². The molecule has 1 N–H and O–H groups in total. The maximum atomic E-state index is 12.3. The minimum Gasteiger partial charge on any atom is -0.325 e. The zero-order valence-corrected chi connectivity index (χ0v) is 18.2. The molecule has 1 aliphatic carbocycles. The second-order valence-corrected chi connectivity index (χ2v) is 9.16. The summed E-state index contributed by atoms with van der Waals surface area (Å²) in [4.78, 5) is 26.3. The molecule has 6 nitrogen and oxygen atoms in total. The second kappa shape index (κ2) is 9.40. The van der Waals surface area contributed by atoms with Crippen molar-refractivity contribution in [2.75, 3.05) is 16.0 Å². The van der Waals surface area contributed by atoms with Crippen molar-refractivity contribution in [2.24, 2.45) is 0 Å². The molecule has 1 aliphatic rings. The van der Waals surface area contributed by atoms with Crippen LogP contribution < -0.4 is 10.2 Å². The lowest BCUT2D eigenvalue weighted by atomic mass is 10.1. The quantitative estimate of drug-likeness (QED) is 0.402. The van der Waals surface area contributed by atoms with Crippen molar-refractivity contribution >= 4 is 45.7 Å². The normalized spacial score (nSPS) is 13.1. The predicted octanol–water partition coefficient (Wildman–Crippen LogP) is 4.84. The Morgan fingerprint density at radius 3 is 2.43 bits per heavy atom. The molecule has 1 saturated carbocycles. The molecule has 2 aromatic carbocycles. The van der Waals surface area contributed by atoms with Crippen molar-refractivity contribution in [3.63, 3.8) is 0 Å². The number of amides is 2. The van der Waals surface area contributed by atoms with E-state index in [-0.39, 0.29) is 23.6 Å². The van der Waals surface area contributed by atoms with Crippen LogP contribution in [0.15, 0.2) is 58.9 Å². The van der Waals surface area contributed by atoms with Crippen molar-refractivity contribution < 1.29 is 9.59 Å². The van der Waals surface area contributed by atoms with Crippen molar-refractivity contribution in [1.29, 1.82) is 0 Å². The third kappa shape index (κ3) is 5.06. The first-order valence-corrected chi connectivity index (χ1v) is 11.7. The largest absolute Gasteiger partial charge is 0.325 e. The van der Waals surface area contributed by atoms with Gasteiger partial charge in [-0.1, -0.05) is 72.5 Å². The summed E-state index contributed by atoms with van der Waals surface area (Å²) in [6, 6.07) is 18.1. The van der Waals surface area contributed by atoms with Gasteiger partial charge in [0.2, 0.25) is 16.9 Å². The van der Waals surface area contributed by atoms with Crippen LogP contribution in [0.4, 0.5) is 10.8 Å². The Kier molecular flexibility index (Phi) is 6.44. The van der Waals surface area contributed by atoms with Gasteiger partial charge in [0.25, 0.3) is 0 Å². The van der Waals surface area contributed by atoms with Gasteiger partial charge in [-0.15, -0.1) is 10.2 Å². The van der Waals surface area contributed by atoms with Crippen molar-refractivity contribution in [2.45, 2.75) is 36.6 Å². The summed E-state index contributed by atoms with van der Waals surface area (Å²) in [5, 5.41) is 11.9. The molecule has 0 unspecified atom stereocenters. The molecule has 0 bridgehead atoms. The molecule has 1 aromatic heterocycles. The van der Waals surface area contributed by atoms with E-state index in [4.69, 9.17) is 0 Å². The van der Waals surface area contributed by atoms with Crippen LogP contribution in [0.3, 0.4) is 0 Å². The Labute approximate surface area is 183 Å². The van der Waals surface area contributed by atoms with Gasteiger partial charge in [0.1, 0.15) is 0 Å². The highest BCUT2D eigenvalue weighted by atomic mass is 32.2. The number of hydrogen-bond donors (Lipinski definition) is 1. The van der Waals surface area contributed by atoms with Gasteiger partial charge in [-0.3, -0.25) is 14.5 Å². The fourth-order valence-electron chi connectivity index (χ4n) is 3.03.